The number of carbonyl (C=O) groups is 1. The summed E-state index contributed by atoms with van der Waals surface area (Å²) in [5.41, 5.74) is 0. The SMILES string of the molecule is CCCCCCCOC(=O)C([SiH3])(CCC)C(C)CCCCCCC. The van der Waals surface area contributed by atoms with Crippen molar-refractivity contribution in [2.24, 2.45) is 5.92 Å². The molecule has 0 saturated carbocycles. The molecule has 0 amide bonds. The molecule has 144 valence electrons. The molecule has 0 aliphatic heterocycles. The Morgan fingerprint density at radius 1 is 0.875 bits per heavy atom. The van der Waals surface area contributed by atoms with Crippen LogP contribution in [0.3, 0.4) is 0 Å². The number of hydrogen-bond donors (Lipinski definition) is 0. The monoisotopic (exact) mass is 356 g/mol. The lowest BCUT2D eigenvalue weighted by Crippen LogP contribution is -2.33. The predicted octanol–water partition coefficient (Wildman–Crippen LogP) is 5.82. The van der Waals surface area contributed by atoms with Crippen molar-refractivity contribution in [2.45, 2.75) is 116 Å². The number of esters is 1. The lowest BCUT2D eigenvalue weighted by Gasteiger charge is -2.33. The molecule has 0 aliphatic rings. The first-order valence-corrected chi connectivity index (χ1v) is 11.7. The van der Waals surface area contributed by atoms with Gasteiger partial charge in [0.05, 0.1) is 11.6 Å². The molecular weight excluding hydrogens is 312 g/mol. The third-order valence-corrected chi connectivity index (χ3v) is 7.44. The highest BCUT2D eigenvalue weighted by Gasteiger charge is 2.38. The lowest BCUT2D eigenvalue weighted by atomic mass is 9.84. The van der Waals surface area contributed by atoms with Crippen molar-refractivity contribution >= 4 is 16.2 Å². The Balaban J connectivity index is 4.25. The van der Waals surface area contributed by atoms with Gasteiger partial charge < -0.3 is 4.74 Å². The van der Waals surface area contributed by atoms with E-state index in [-0.39, 0.29) is 11.0 Å². The largest absolute Gasteiger partial charge is 0.466 e. The Hall–Kier alpha value is -0.313. The topological polar surface area (TPSA) is 26.3 Å². The Morgan fingerprint density at radius 2 is 1.42 bits per heavy atom. The molecule has 0 radical (unpaired) electrons. The van der Waals surface area contributed by atoms with Gasteiger partial charge in [0.1, 0.15) is 0 Å². The van der Waals surface area contributed by atoms with Crippen molar-refractivity contribution in [1.29, 1.82) is 0 Å². The smallest absolute Gasteiger partial charge is 0.308 e. The van der Waals surface area contributed by atoms with Crippen molar-refractivity contribution in [3.63, 3.8) is 0 Å². The zero-order valence-electron chi connectivity index (χ0n) is 17.3. The van der Waals surface area contributed by atoms with Gasteiger partial charge in [0, 0.05) is 10.2 Å². The van der Waals surface area contributed by atoms with Crippen LogP contribution in [0.4, 0.5) is 0 Å². The first kappa shape index (κ1) is 23.7. The first-order valence-electron chi connectivity index (χ1n) is 10.7. The average molecular weight is 357 g/mol. The van der Waals surface area contributed by atoms with Crippen molar-refractivity contribution in [1.82, 2.24) is 0 Å². The van der Waals surface area contributed by atoms with Crippen LogP contribution in [0.2, 0.25) is 5.04 Å². The highest BCUT2D eigenvalue weighted by Crippen LogP contribution is 2.41. The van der Waals surface area contributed by atoms with Gasteiger partial charge in [-0.25, -0.2) is 0 Å². The molecule has 0 N–H and O–H groups in total. The zero-order valence-corrected chi connectivity index (χ0v) is 19.3. The molecule has 0 aromatic heterocycles. The van der Waals surface area contributed by atoms with Crippen LogP contribution in [0.25, 0.3) is 0 Å². The highest BCUT2D eigenvalue weighted by atomic mass is 28.1. The molecule has 3 heteroatoms. The fourth-order valence-corrected chi connectivity index (χ4v) is 4.41. The summed E-state index contributed by atoms with van der Waals surface area (Å²) in [7, 11) is 0.911. The molecule has 2 nitrogen and oxygen atoms in total. The number of hydrogen-bond acceptors (Lipinski definition) is 2. The quantitative estimate of drug-likeness (QED) is 0.198. The van der Waals surface area contributed by atoms with Gasteiger partial charge in [0.25, 0.3) is 0 Å². The third-order valence-electron chi connectivity index (χ3n) is 5.55. The van der Waals surface area contributed by atoms with E-state index in [0.29, 0.717) is 12.5 Å². The maximum atomic E-state index is 12.7. The fraction of sp³-hybridized carbons (Fsp3) is 0.952. The molecule has 2 atom stereocenters. The van der Waals surface area contributed by atoms with E-state index < -0.39 is 0 Å². The second-order valence-electron chi connectivity index (χ2n) is 7.82. The summed E-state index contributed by atoms with van der Waals surface area (Å²) in [5, 5.41) is -0.164. The fourth-order valence-electron chi connectivity index (χ4n) is 3.48. The van der Waals surface area contributed by atoms with Crippen LogP contribution in [-0.2, 0) is 9.53 Å². The van der Waals surface area contributed by atoms with E-state index in [1.807, 2.05) is 0 Å². The maximum Gasteiger partial charge on any atom is 0.308 e. The normalized spacial score (nSPS) is 15.2. The summed E-state index contributed by atoms with van der Waals surface area (Å²) in [6.45, 7) is 9.58. The number of unbranched alkanes of at least 4 members (excludes halogenated alkanes) is 8. The first-order chi connectivity index (χ1) is 11.5. The molecule has 0 spiro atoms. The average Bonchev–Trinajstić information content (AvgIpc) is 2.57. The summed E-state index contributed by atoms with van der Waals surface area (Å²) in [4.78, 5) is 12.7. The van der Waals surface area contributed by atoms with Crippen molar-refractivity contribution < 1.29 is 9.53 Å². The zero-order chi connectivity index (χ0) is 18.3. The van der Waals surface area contributed by atoms with E-state index in [2.05, 4.69) is 27.7 Å². The highest BCUT2D eigenvalue weighted by molar-refractivity contribution is 6.27. The third kappa shape index (κ3) is 9.86. The molecule has 24 heavy (non-hydrogen) atoms. The van der Waals surface area contributed by atoms with Crippen LogP contribution in [0.15, 0.2) is 0 Å². The second-order valence-corrected chi connectivity index (χ2v) is 9.61. The molecule has 0 bridgehead atoms. The van der Waals surface area contributed by atoms with E-state index in [1.165, 1.54) is 64.2 Å². The van der Waals surface area contributed by atoms with Gasteiger partial charge in [0.2, 0.25) is 0 Å². The Labute approximate surface area is 154 Å². The van der Waals surface area contributed by atoms with Crippen LogP contribution >= 0.6 is 0 Å². The molecule has 0 aliphatic carbocycles. The van der Waals surface area contributed by atoms with Crippen molar-refractivity contribution in [3.05, 3.63) is 0 Å². The summed E-state index contributed by atoms with van der Waals surface area (Å²) in [5.74, 6) is 0.575. The molecule has 0 rings (SSSR count). The van der Waals surface area contributed by atoms with Crippen molar-refractivity contribution in [3.8, 4) is 0 Å². The minimum Gasteiger partial charge on any atom is -0.466 e. The van der Waals surface area contributed by atoms with Crippen LogP contribution in [0.1, 0.15) is 111 Å². The Kier molecular flexibility index (Phi) is 14.8. The minimum absolute atomic E-state index is 0.104. The van der Waals surface area contributed by atoms with Gasteiger partial charge in [-0.1, -0.05) is 91.9 Å². The molecule has 0 aromatic carbocycles. The molecular formula is C21H44O2Si. The molecule has 0 saturated heterocycles. The Bertz CT molecular complexity index is 306. The number of rotatable bonds is 16. The number of carbonyl (C=O) groups excluding carboxylic acids is 1. The van der Waals surface area contributed by atoms with Crippen molar-refractivity contribution in [2.75, 3.05) is 6.61 Å². The molecule has 0 aromatic rings. The van der Waals surface area contributed by atoms with Gasteiger partial charge in [-0.05, 0) is 25.2 Å². The van der Waals surface area contributed by atoms with E-state index in [0.717, 1.165) is 29.5 Å². The standard InChI is InChI=1S/C21H44O2Si/c1-5-8-10-12-14-16-19(4)21(24,17-7-3)20(22)23-18-15-13-11-9-6-2/h19H,5-18H2,1-4,24H3. The maximum absolute atomic E-state index is 12.7. The van der Waals surface area contributed by atoms with E-state index >= 15 is 0 Å². The predicted molar refractivity (Wildman–Crippen MR) is 110 cm³/mol. The van der Waals surface area contributed by atoms with E-state index in [4.69, 9.17) is 4.74 Å². The summed E-state index contributed by atoms with van der Waals surface area (Å²) < 4.78 is 5.70. The minimum atomic E-state index is -0.164. The molecule has 0 heterocycles. The lowest BCUT2D eigenvalue weighted by molar-refractivity contribution is -0.149. The van der Waals surface area contributed by atoms with Gasteiger partial charge >= 0.3 is 5.97 Å². The van der Waals surface area contributed by atoms with E-state index in [1.54, 1.807) is 0 Å². The Morgan fingerprint density at radius 3 is 1.96 bits per heavy atom. The van der Waals surface area contributed by atoms with Gasteiger partial charge in [-0.15, -0.1) is 0 Å². The number of ether oxygens (including phenoxy) is 1. The van der Waals surface area contributed by atoms with Crippen LogP contribution in [0.5, 0.6) is 0 Å². The second kappa shape index (κ2) is 15.0. The summed E-state index contributed by atoms with van der Waals surface area (Å²) in [6.07, 6.45) is 15.9. The van der Waals surface area contributed by atoms with Crippen LogP contribution in [0, 0.1) is 5.92 Å². The van der Waals surface area contributed by atoms with Crippen LogP contribution in [-0.4, -0.2) is 22.8 Å². The van der Waals surface area contributed by atoms with Gasteiger partial charge in [0.15, 0.2) is 0 Å². The van der Waals surface area contributed by atoms with Gasteiger partial charge in [-0.2, -0.15) is 0 Å². The summed E-state index contributed by atoms with van der Waals surface area (Å²) in [6, 6.07) is 0. The summed E-state index contributed by atoms with van der Waals surface area (Å²) >= 11 is 0. The van der Waals surface area contributed by atoms with Gasteiger partial charge in [-0.3, -0.25) is 4.79 Å². The van der Waals surface area contributed by atoms with Crippen LogP contribution < -0.4 is 0 Å². The molecule has 2 unspecified atom stereocenters. The van der Waals surface area contributed by atoms with E-state index in [9.17, 15) is 4.79 Å². The molecule has 0 fully saturated rings.